The minimum absolute atomic E-state index is 0. The lowest BCUT2D eigenvalue weighted by atomic mass is 10.3. The first-order chi connectivity index (χ1) is 9.28. The molecule has 0 spiro atoms. The Hall–Kier alpha value is -1.64. The first kappa shape index (κ1) is 16.4. The fraction of sp³-hybridized carbons (Fsp3) is 0.308. The minimum Gasteiger partial charge on any atom is -0.467 e. The second-order valence-electron chi connectivity index (χ2n) is 4.01. The molecule has 0 aromatic carbocycles. The van der Waals surface area contributed by atoms with Crippen molar-refractivity contribution >= 4 is 29.9 Å². The van der Waals surface area contributed by atoms with Crippen molar-refractivity contribution in [3.63, 3.8) is 0 Å². The number of nitrogens with zero attached hydrogens (tertiary/aromatic N) is 3. The second kappa shape index (κ2) is 8.51. The van der Waals surface area contributed by atoms with Gasteiger partial charge in [0.1, 0.15) is 12.1 Å². The van der Waals surface area contributed by atoms with Gasteiger partial charge in [0.25, 0.3) is 0 Å². The average Bonchev–Trinajstić information content (AvgIpc) is 2.92. The lowest BCUT2D eigenvalue weighted by Gasteiger charge is -2.10. The molecule has 6 nitrogen and oxygen atoms in total. The molecule has 0 aliphatic rings. The molecule has 0 radical (unpaired) electrons. The van der Waals surface area contributed by atoms with Crippen molar-refractivity contribution in [2.75, 3.05) is 7.05 Å². The quantitative estimate of drug-likeness (QED) is 0.476. The number of furan rings is 1. The monoisotopic (exact) mass is 387 g/mol. The first-order valence-electron chi connectivity index (χ1n) is 6.02. The Morgan fingerprint density at radius 2 is 2.10 bits per heavy atom. The van der Waals surface area contributed by atoms with Gasteiger partial charge in [-0.2, -0.15) is 0 Å². The molecular formula is C13H18IN5O. The van der Waals surface area contributed by atoms with Crippen LogP contribution >= 0.6 is 24.0 Å². The molecule has 2 rings (SSSR count). The van der Waals surface area contributed by atoms with Crippen molar-refractivity contribution in [1.82, 2.24) is 20.6 Å². The van der Waals surface area contributed by atoms with E-state index in [-0.39, 0.29) is 24.0 Å². The summed E-state index contributed by atoms with van der Waals surface area (Å²) in [5, 5.41) is 6.34. The zero-order valence-corrected chi connectivity index (χ0v) is 13.8. The molecule has 20 heavy (non-hydrogen) atoms. The number of hydrogen-bond acceptors (Lipinski definition) is 4. The van der Waals surface area contributed by atoms with Crippen LogP contribution in [0.2, 0.25) is 0 Å². The van der Waals surface area contributed by atoms with Crippen LogP contribution in [0.25, 0.3) is 0 Å². The van der Waals surface area contributed by atoms with Gasteiger partial charge in [0, 0.05) is 12.7 Å². The highest BCUT2D eigenvalue weighted by Gasteiger charge is 2.01. The maximum atomic E-state index is 5.24. The summed E-state index contributed by atoms with van der Waals surface area (Å²) in [5.74, 6) is 1.56. The summed E-state index contributed by atoms with van der Waals surface area (Å²) >= 11 is 0. The van der Waals surface area contributed by atoms with E-state index in [9.17, 15) is 0 Å². The Morgan fingerprint density at radius 3 is 2.75 bits per heavy atom. The molecule has 7 heteroatoms. The van der Waals surface area contributed by atoms with E-state index >= 15 is 0 Å². The van der Waals surface area contributed by atoms with E-state index in [4.69, 9.17) is 4.42 Å². The van der Waals surface area contributed by atoms with Gasteiger partial charge in [0.05, 0.1) is 25.0 Å². The summed E-state index contributed by atoms with van der Waals surface area (Å²) in [5.41, 5.74) is 1.87. The van der Waals surface area contributed by atoms with Crippen LogP contribution in [0, 0.1) is 6.92 Å². The molecule has 0 unspecified atom stereocenters. The van der Waals surface area contributed by atoms with Gasteiger partial charge in [-0.05, 0) is 25.1 Å². The molecule has 0 saturated heterocycles. The predicted octanol–water partition coefficient (Wildman–Crippen LogP) is 1.86. The van der Waals surface area contributed by atoms with Crippen LogP contribution in [0.5, 0.6) is 0 Å². The van der Waals surface area contributed by atoms with Crippen LogP contribution in [0.3, 0.4) is 0 Å². The van der Waals surface area contributed by atoms with Crippen LogP contribution in [0.4, 0.5) is 0 Å². The highest BCUT2D eigenvalue weighted by atomic mass is 127. The SMILES string of the molecule is CN=C(NCc1cc(C)ncn1)NCc1ccco1.I. The molecule has 2 aromatic rings. The van der Waals surface area contributed by atoms with Gasteiger partial charge in [-0.25, -0.2) is 9.97 Å². The van der Waals surface area contributed by atoms with Gasteiger partial charge in [-0.15, -0.1) is 24.0 Å². The molecule has 0 aliphatic heterocycles. The molecule has 108 valence electrons. The van der Waals surface area contributed by atoms with E-state index in [1.54, 1.807) is 19.6 Å². The number of aliphatic imine (C=N–C) groups is 1. The highest BCUT2D eigenvalue weighted by Crippen LogP contribution is 1.99. The number of halogens is 1. The second-order valence-corrected chi connectivity index (χ2v) is 4.01. The molecule has 0 bridgehead atoms. The number of rotatable bonds is 4. The van der Waals surface area contributed by atoms with E-state index in [2.05, 4.69) is 25.6 Å². The summed E-state index contributed by atoms with van der Waals surface area (Å²) in [6.07, 6.45) is 3.21. The lowest BCUT2D eigenvalue weighted by molar-refractivity contribution is 0.501. The molecule has 2 N–H and O–H groups in total. The molecule has 0 saturated carbocycles. The Balaban J connectivity index is 0.00000200. The number of hydrogen-bond donors (Lipinski definition) is 2. The Morgan fingerprint density at radius 1 is 1.30 bits per heavy atom. The fourth-order valence-electron chi connectivity index (χ4n) is 1.59. The smallest absolute Gasteiger partial charge is 0.191 e. The summed E-state index contributed by atoms with van der Waals surface area (Å²) in [7, 11) is 1.72. The van der Waals surface area contributed by atoms with Crippen molar-refractivity contribution in [2.24, 2.45) is 4.99 Å². The molecule has 0 aliphatic carbocycles. The Kier molecular flexibility index (Phi) is 6.99. The molecule has 0 amide bonds. The van der Waals surface area contributed by atoms with Crippen LogP contribution in [-0.4, -0.2) is 23.0 Å². The van der Waals surface area contributed by atoms with E-state index in [0.29, 0.717) is 19.0 Å². The van der Waals surface area contributed by atoms with Crippen LogP contribution in [0.15, 0.2) is 40.2 Å². The largest absolute Gasteiger partial charge is 0.467 e. The molecule has 2 aromatic heterocycles. The molecule has 0 atom stereocenters. The van der Waals surface area contributed by atoms with Crippen molar-refractivity contribution in [1.29, 1.82) is 0 Å². The van der Waals surface area contributed by atoms with Gasteiger partial charge in [-0.3, -0.25) is 4.99 Å². The van der Waals surface area contributed by atoms with E-state index in [1.165, 1.54) is 0 Å². The summed E-state index contributed by atoms with van der Waals surface area (Å²) in [6, 6.07) is 5.71. The van der Waals surface area contributed by atoms with Gasteiger partial charge >= 0.3 is 0 Å². The van der Waals surface area contributed by atoms with Gasteiger partial charge in [0.2, 0.25) is 0 Å². The van der Waals surface area contributed by atoms with E-state index in [0.717, 1.165) is 17.1 Å². The zero-order valence-electron chi connectivity index (χ0n) is 11.5. The average molecular weight is 387 g/mol. The Labute approximate surface area is 135 Å². The van der Waals surface area contributed by atoms with Crippen molar-refractivity contribution < 1.29 is 4.42 Å². The number of guanidine groups is 1. The maximum absolute atomic E-state index is 5.24. The van der Waals surface area contributed by atoms with Crippen molar-refractivity contribution in [3.05, 3.63) is 47.9 Å². The summed E-state index contributed by atoms with van der Waals surface area (Å²) in [4.78, 5) is 12.4. The third kappa shape index (κ3) is 5.16. The van der Waals surface area contributed by atoms with Crippen molar-refractivity contribution in [3.8, 4) is 0 Å². The topological polar surface area (TPSA) is 75.3 Å². The van der Waals surface area contributed by atoms with E-state index in [1.807, 2.05) is 25.1 Å². The van der Waals surface area contributed by atoms with Crippen molar-refractivity contribution in [2.45, 2.75) is 20.0 Å². The highest BCUT2D eigenvalue weighted by molar-refractivity contribution is 14.0. The fourth-order valence-corrected chi connectivity index (χ4v) is 1.59. The van der Waals surface area contributed by atoms with Crippen LogP contribution in [0.1, 0.15) is 17.1 Å². The zero-order chi connectivity index (χ0) is 13.5. The first-order valence-corrected chi connectivity index (χ1v) is 6.02. The number of nitrogens with one attached hydrogen (secondary N) is 2. The molecule has 2 heterocycles. The molecular weight excluding hydrogens is 369 g/mol. The third-order valence-electron chi connectivity index (χ3n) is 2.53. The summed E-state index contributed by atoms with van der Waals surface area (Å²) in [6.45, 7) is 3.13. The van der Waals surface area contributed by atoms with Crippen LogP contribution < -0.4 is 10.6 Å². The number of aryl methyl sites for hydroxylation is 1. The standard InChI is InChI=1S/C13H17N5O.HI/c1-10-6-11(18-9-17-10)7-15-13(14-2)16-8-12-4-3-5-19-12;/h3-6,9H,7-8H2,1-2H3,(H2,14,15,16);1H. The predicted molar refractivity (Wildman–Crippen MR) is 87.9 cm³/mol. The number of aromatic nitrogens is 2. The normalized spacial score (nSPS) is 10.8. The third-order valence-corrected chi connectivity index (χ3v) is 2.53. The van der Waals surface area contributed by atoms with E-state index < -0.39 is 0 Å². The van der Waals surface area contributed by atoms with Gasteiger partial charge in [-0.1, -0.05) is 0 Å². The molecule has 0 fully saturated rings. The van der Waals surface area contributed by atoms with Gasteiger partial charge < -0.3 is 15.1 Å². The minimum atomic E-state index is 0. The lowest BCUT2D eigenvalue weighted by Crippen LogP contribution is -2.36. The van der Waals surface area contributed by atoms with Crippen LogP contribution in [-0.2, 0) is 13.1 Å². The summed E-state index contributed by atoms with van der Waals surface area (Å²) < 4.78 is 5.24. The maximum Gasteiger partial charge on any atom is 0.191 e. The Bertz CT molecular complexity index is 541. The van der Waals surface area contributed by atoms with Gasteiger partial charge in [0.15, 0.2) is 5.96 Å².